The molecule has 0 aliphatic heterocycles. The molecular weight excluding hydrogens is 360 g/mol. The van der Waals surface area contributed by atoms with E-state index in [9.17, 15) is 0 Å². The van der Waals surface area contributed by atoms with Crippen molar-refractivity contribution in [2.24, 2.45) is 5.92 Å². The third-order valence-corrected chi connectivity index (χ3v) is 7.19. The van der Waals surface area contributed by atoms with Gasteiger partial charge in [0.15, 0.2) is 0 Å². The Hall–Kier alpha value is -2.34. The summed E-state index contributed by atoms with van der Waals surface area (Å²) in [4.78, 5) is 0. The predicted octanol–water partition coefficient (Wildman–Crippen LogP) is 8.48. The summed E-state index contributed by atoms with van der Waals surface area (Å²) in [6, 6.07) is 18.7. The van der Waals surface area contributed by atoms with Crippen LogP contribution in [0.2, 0.25) is 0 Å². The molecule has 0 nitrogen and oxygen atoms in total. The van der Waals surface area contributed by atoms with E-state index in [0.717, 1.165) is 6.42 Å². The van der Waals surface area contributed by atoms with E-state index in [-0.39, 0.29) is 0 Å². The molecule has 2 aliphatic carbocycles. The Labute approximate surface area is 183 Å². The third kappa shape index (κ3) is 4.10. The van der Waals surface area contributed by atoms with Gasteiger partial charge in [0.05, 0.1) is 0 Å². The highest BCUT2D eigenvalue weighted by atomic mass is 14.4. The van der Waals surface area contributed by atoms with E-state index in [1.54, 1.807) is 0 Å². The van der Waals surface area contributed by atoms with Crippen molar-refractivity contribution in [2.45, 2.75) is 70.6 Å². The third-order valence-electron chi connectivity index (χ3n) is 7.19. The van der Waals surface area contributed by atoms with Crippen LogP contribution in [-0.4, -0.2) is 0 Å². The number of benzene rings is 2. The fraction of sp³-hybridized carbons (Fsp3) is 0.400. The average Bonchev–Trinajstić information content (AvgIpc) is 2.92. The van der Waals surface area contributed by atoms with Crippen molar-refractivity contribution in [3.63, 3.8) is 0 Å². The van der Waals surface area contributed by atoms with Gasteiger partial charge >= 0.3 is 0 Å². The first-order valence-electron chi connectivity index (χ1n) is 11.8. The van der Waals surface area contributed by atoms with Crippen LogP contribution in [0.25, 0.3) is 0 Å². The molecule has 156 valence electrons. The van der Waals surface area contributed by atoms with Gasteiger partial charge in [-0.05, 0) is 66.7 Å². The standard InChI is InChI=1S/C30H36/c1-5-7-10-23-13-16-24(17-14-23)29-20-25-19-22(6-2)15-18-26(25)27-11-8-9-12-28(27)30(29)21(3)4/h8-9,11-19,25-26,29-30H,3,5-7,10,20H2,1-2,4H3. The van der Waals surface area contributed by atoms with Crippen molar-refractivity contribution >= 4 is 0 Å². The largest absolute Gasteiger partial charge is 0.0995 e. The number of allylic oxidation sites excluding steroid dienone is 5. The van der Waals surface area contributed by atoms with E-state index >= 15 is 0 Å². The van der Waals surface area contributed by atoms with E-state index < -0.39 is 0 Å². The molecule has 2 aromatic rings. The summed E-state index contributed by atoms with van der Waals surface area (Å²) in [5, 5.41) is 0. The Kier molecular flexibility index (Phi) is 6.42. The second kappa shape index (κ2) is 9.21. The smallest absolute Gasteiger partial charge is 0.0115 e. The fourth-order valence-electron chi connectivity index (χ4n) is 5.58. The monoisotopic (exact) mass is 396 g/mol. The normalized spacial score (nSPS) is 25.1. The first kappa shape index (κ1) is 20.9. The van der Waals surface area contributed by atoms with Crippen LogP contribution in [-0.2, 0) is 6.42 Å². The van der Waals surface area contributed by atoms with Gasteiger partial charge in [0, 0.05) is 11.8 Å². The molecule has 0 saturated carbocycles. The Morgan fingerprint density at radius 2 is 1.73 bits per heavy atom. The predicted molar refractivity (Wildman–Crippen MR) is 130 cm³/mol. The SMILES string of the molecule is C=C(C)C1c2ccccc2C2C=CC(CC)=CC2CC1c1ccc(CCCC)cc1. The maximum atomic E-state index is 4.47. The summed E-state index contributed by atoms with van der Waals surface area (Å²) in [7, 11) is 0. The second-order valence-corrected chi connectivity index (χ2v) is 9.28. The van der Waals surface area contributed by atoms with Crippen LogP contribution in [0.15, 0.2) is 84.5 Å². The van der Waals surface area contributed by atoms with Crippen LogP contribution in [0.1, 0.15) is 86.5 Å². The summed E-state index contributed by atoms with van der Waals surface area (Å²) < 4.78 is 0. The molecule has 0 bridgehead atoms. The lowest BCUT2D eigenvalue weighted by molar-refractivity contribution is 0.461. The van der Waals surface area contributed by atoms with E-state index in [1.165, 1.54) is 59.1 Å². The number of aryl methyl sites for hydroxylation is 1. The van der Waals surface area contributed by atoms with Crippen LogP contribution in [0.5, 0.6) is 0 Å². The molecule has 0 fully saturated rings. The fourth-order valence-corrected chi connectivity index (χ4v) is 5.58. The zero-order chi connectivity index (χ0) is 21.1. The number of fused-ring (bicyclic) bond motifs is 3. The van der Waals surface area contributed by atoms with Gasteiger partial charge < -0.3 is 0 Å². The zero-order valence-electron chi connectivity index (χ0n) is 18.9. The summed E-state index contributed by atoms with van der Waals surface area (Å²) in [6.07, 6.45) is 13.4. The van der Waals surface area contributed by atoms with Gasteiger partial charge in [-0.15, -0.1) is 0 Å². The average molecular weight is 397 g/mol. The van der Waals surface area contributed by atoms with Crippen LogP contribution in [0.4, 0.5) is 0 Å². The summed E-state index contributed by atoms with van der Waals surface area (Å²) in [5.41, 5.74) is 8.68. The number of rotatable bonds is 6. The quantitative estimate of drug-likeness (QED) is 0.429. The zero-order valence-corrected chi connectivity index (χ0v) is 18.9. The van der Waals surface area contributed by atoms with Gasteiger partial charge in [0.25, 0.3) is 0 Å². The molecule has 4 unspecified atom stereocenters. The van der Waals surface area contributed by atoms with Crippen molar-refractivity contribution in [3.05, 3.63) is 107 Å². The minimum atomic E-state index is 0.375. The molecule has 0 heterocycles. The Balaban J connectivity index is 1.78. The topological polar surface area (TPSA) is 0 Å². The van der Waals surface area contributed by atoms with E-state index in [0.29, 0.717) is 23.7 Å². The molecule has 0 saturated heterocycles. The van der Waals surface area contributed by atoms with Crippen LogP contribution >= 0.6 is 0 Å². The molecule has 0 heteroatoms. The number of hydrogen-bond acceptors (Lipinski definition) is 0. The molecule has 30 heavy (non-hydrogen) atoms. The minimum absolute atomic E-state index is 0.375. The van der Waals surface area contributed by atoms with Gasteiger partial charge in [-0.3, -0.25) is 0 Å². The van der Waals surface area contributed by atoms with Crippen molar-refractivity contribution in [3.8, 4) is 0 Å². The molecule has 4 rings (SSSR count). The van der Waals surface area contributed by atoms with Gasteiger partial charge in [0.1, 0.15) is 0 Å². The van der Waals surface area contributed by atoms with Crippen molar-refractivity contribution in [1.82, 2.24) is 0 Å². The van der Waals surface area contributed by atoms with Crippen LogP contribution in [0.3, 0.4) is 0 Å². The minimum Gasteiger partial charge on any atom is -0.0995 e. The molecule has 2 aromatic carbocycles. The highest BCUT2D eigenvalue weighted by Gasteiger charge is 2.37. The van der Waals surface area contributed by atoms with Crippen molar-refractivity contribution < 1.29 is 0 Å². The number of unbranched alkanes of at least 4 members (excludes halogenated alkanes) is 1. The molecule has 0 N–H and O–H groups in total. The molecule has 4 atom stereocenters. The molecule has 0 spiro atoms. The first-order valence-corrected chi connectivity index (χ1v) is 11.8. The first-order chi connectivity index (χ1) is 14.6. The maximum Gasteiger partial charge on any atom is 0.0115 e. The van der Waals surface area contributed by atoms with Crippen molar-refractivity contribution in [1.29, 1.82) is 0 Å². The second-order valence-electron chi connectivity index (χ2n) is 9.28. The summed E-state index contributed by atoms with van der Waals surface area (Å²) in [6.45, 7) is 11.2. The molecule has 0 radical (unpaired) electrons. The maximum absolute atomic E-state index is 4.47. The van der Waals surface area contributed by atoms with E-state index in [2.05, 4.69) is 94.1 Å². The number of hydrogen-bond donors (Lipinski definition) is 0. The lowest BCUT2D eigenvalue weighted by Crippen LogP contribution is -2.15. The van der Waals surface area contributed by atoms with Crippen molar-refractivity contribution in [2.75, 3.05) is 0 Å². The Bertz CT molecular complexity index is 940. The van der Waals surface area contributed by atoms with Gasteiger partial charge in [-0.2, -0.15) is 0 Å². The Morgan fingerprint density at radius 3 is 2.40 bits per heavy atom. The van der Waals surface area contributed by atoms with Crippen LogP contribution in [0, 0.1) is 5.92 Å². The highest BCUT2D eigenvalue weighted by Crippen LogP contribution is 2.51. The van der Waals surface area contributed by atoms with E-state index in [4.69, 9.17) is 0 Å². The molecular formula is C30H36. The van der Waals surface area contributed by atoms with Crippen LogP contribution < -0.4 is 0 Å². The summed E-state index contributed by atoms with van der Waals surface area (Å²) in [5.74, 6) is 1.88. The lowest BCUT2D eigenvalue weighted by Gasteiger charge is -2.29. The van der Waals surface area contributed by atoms with E-state index in [1.807, 2.05) is 0 Å². The van der Waals surface area contributed by atoms with Gasteiger partial charge in [-0.1, -0.05) is 105 Å². The van der Waals surface area contributed by atoms with Gasteiger partial charge in [0.2, 0.25) is 0 Å². The Morgan fingerprint density at radius 1 is 1.00 bits per heavy atom. The highest BCUT2D eigenvalue weighted by molar-refractivity contribution is 5.47. The summed E-state index contributed by atoms with van der Waals surface area (Å²) >= 11 is 0. The lowest BCUT2D eigenvalue weighted by atomic mass is 9.74. The molecule has 2 aliphatic rings. The van der Waals surface area contributed by atoms with Gasteiger partial charge in [-0.25, -0.2) is 0 Å². The molecule has 0 aromatic heterocycles. The molecule has 0 amide bonds.